The topological polar surface area (TPSA) is 91.6 Å². The lowest BCUT2D eigenvalue weighted by Gasteiger charge is -2.06. The van der Waals surface area contributed by atoms with Crippen LogP contribution in [0.5, 0.6) is 5.75 Å². The van der Waals surface area contributed by atoms with Gasteiger partial charge in [0.15, 0.2) is 11.4 Å². The number of ether oxygens (including phenoxy) is 1. The molecule has 0 atom stereocenters. The van der Waals surface area contributed by atoms with Crippen molar-refractivity contribution < 1.29 is 14.3 Å². The molecule has 7 heteroatoms. The van der Waals surface area contributed by atoms with Crippen LogP contribution in [0.25, 0.3) is 0 Å². The van der Waals surface area contributed by atoms with E-state index in [1.54, 1.807) is 54.7 Å². The molecule has 154 valence electrons. The van der Waals surface area contributed by atoms with Gasteiger partial charge in [-0.2, -0.15) is 5.26 Å². The number of nitrogens with one attached hydrogen (secondary N) is 1. The summed E-state index contributed by atoms with van der Waals surface area (Å²) in [5.41, 5.74) is 2.95. The second-order valence-electron chi connectivity index (χ2n) is 6.54. The van der Waals surface area contributed by atoms with Crippen LogP contribution in [0, 0.1) is 18.4 Å². The number of nitriles is 1. The van der Waals surface area contributed by atoms with E-state index in [2.05, 4.69) is 10.3 Å². The molecular formula is C24H19N3O3S. The molecule has 3 aromatic rings. The van der Waals surface area contributed by atoms with E-state index < -0.39 is 5.97 Å². The third kappa shape index (κ3) is 6.84. The van der Waals surface area contributed by atoms with Gasteiger partial charge in [-0.15, -0.1) is 0 Å². The van der Waals surface area contributed by atoms with Gasteiger partial charge in [-0.25, -0.2) is 9.79 Å². The summed E-state index contributed by atoms with van der Waals surface area (Å²) in [6, 6.07) is 22.9. The van der Waals surface area contributed by atoms with Crippen molar-refractivity contribution >= 4 is 33.7 Å². The molecule has 0 spiro atoms. The number of rotatable bonds is 5. The van der Waals surface area contributed by atoms with Crippen molar-refractivity contribution in [2.24, 2.45) is 4.99 Å². The standard InChI is InChI=1S/C24H19N3O3S/c1-17-7-11-20(12-8-17)27-24(26-16-25)31-22(28)15-18-9-13-21(14-10-18)30-23(29)19-5-3-2-4-6-19/h2-14H,15H2,1H3,(H,26,27). The quantitative estimate of drug-likeness (QED) is 0.157. The lowest BCUT2D eigenvalue weighted by Crippen LogP contribution is -2.16. The summed E-state index contributed by atoms with van der Waals surface area (Å²) in [6.07, 6.45) is 1.94. The highest BCUT2D eigenvalue weighted by atomic mass is 32.2. The summed E-state index contributed by atoms with van der Waals surface area (Å²) in [5, 5.41) is 11.4. The zero-order valence-corrected chi connectivity index (χ0v) is 17.6. The van der Waals surface area contributed by atoms with E-state index in [0.717, 1.165) is 22.9 Å². The van der Waals surface area contributed by atoms with Gasteiger partial charge < -0.3 is 4.74 Å². The normalized spacial score (nSPS) is 10.8. The maximum Gasteiger partial charge on any atom is 0.343 e. The Morgan fingerprint density at radius 2 is 1.68 bits per heavy atom. The van der Waals surface area contributed by atoms with Crippen molar-refractivity contribution in [1.82, 2.24) is 5.32 Å². The van der Waals surface area contributed by atoms with E-state index in [0.29, 0.717) is 17.0 Å². The number of carbonyl (C=O) groups is 2. The van der Waals surface area contributed by atoms with Crippen molar-refractivity contribution in [3.05, 3.63) is 95.6 Å². The average Bonchev–Trinajstić information content (AvgIpc) is 2.77. The molecule has 6 nitrogen and oxygen atoms in total. The lowest BCUT2D eigenvalue weighted by atomic mass is 10.1. The van der Waals surface area contributed by atoms with E-state index in [4.69, 9.17) is 10.00 Å². The molecule has 0 fully saturated rings. The van der Waals surface area contributed by atoms with Crippen molar-refractivity contribution in [2.45, 2.75) is 13.3 Å². The first-order valence-electron chi connectivity index (χ1n) is 9.41. The van der Waals surface area contributed by atoms with E-state index in [1.165, 1.54) is 0 Å². The van der Waals surface area contributed by atoms with E-state index >= 15 is 0 Å². The fraction of sp³-hybridized carbons (Fsp3) is 0.0833. The highest BCUT2D eigenvalue weighted by Gasteiger charge is 2.12. The molecule has 0 saturated heterocycles. The SMILES string of the molecule is Cc1ccc(N=C(NC#N)SC(=O)Cc2ccc(OC(=O)c3ccccc3)cc2)cc1. The molecular weight excluding hydrogens is 410 g/mol. The number of amidine groups is 1. The monoisotopic (exact) mass is 429 g/mol. The summed E-state index contributed by atoms with van der Waals surface area (Å²) < 4.78 is 5.34. The Morgan fingerprint density at radius 1 is 1.00 bits per heavy atom. The smallest absolute Gasteiger partial charge is 0.343 e. The number of benzene rings is 3. The molecule has 0 unspecified atom stereocenters. The minimum Gasteiger partial charge on any atom is -0.423 e. The first-order valence-corrected chi connectivity index (χ1v) is 10.2. The molecule has 0 aromatic heterocycles. The van der Waals surface area contributed by atoms with Crippen LogP contribution in [-0.4, -0.2) is 16.3 Å². The van der Waals surface area contributed by atoms with Gasteiger partial charge in [-0.3, -0.25) is 10.1 Å². The second-order valence-corrected chi connectivity index (χ2v) is 7.59. The number of aryl methyl sites for hydroxylation is 1. The highest BCUT2D eigenvalue weighted by molar-refractivity contribution is 8.26. The average molecular weight is 430 g/mol. The zero-order chi connectivity index (χ0) is 22.1. The van der Waals surface area contributed by atoms with E-state index in [-0.39, 0.29) is 16.7 Å². The zero-order valence-electron chi connectivity index (χ0n) is 16.7. The Hall–Kier alpha value is -3.89. The summed E-state index contributed by atoms with van der Waals surface area (Å²) >= 11 is 0.867. The first-order chi connectivity index (χ1) is 15.0. The first kappa shape index (κ1) is 21.8. The van der Waals surface area contributed by atoms with Crippen molar-refractivity contribution in [3.63, 3.8) is 0 Å². The van der Waals surface area contributed by atoms with E-state index in [9.17, 15) is 9.59 Å². The van der Waals surface area contributed by atoms with Gasteiger partial charge >= 0.3 is 5.97 Å². The molecule has 31 heavy (non-hydrogen) atoms. The molecule has 0 aliphatic heterocycles. The molecule has 3 aromatic carbocycles. The number of nitrogens with zero attached hydrogens (tertiary/aromatic N) is 2. The molecule has 0 heterocycles. The van der Waals surface area contributed by atoms with Crippen LogP contribution in [0.1, 0.15) is 21.5 Å². The van der Waals surface area contributed by atoms with Crippen LogP contribution < -0.4 is 10.1 Å². The number of esters is 1. The van der Waals surface area contributed by atoms with Crippen LogP contribution >= 0.6 is 11.8 Å². The Kier molecular flexibility index (Phi) is 7.57. The minimum absolute atomic E-state index is 0.137. The Labute approximate surface area is 184 Å². The van der Waals surface area contributed by atoms with Crippen molar-refractivity contribution in [2.75, 3.05) is 0 Å². The third-order valence-electron chi connectivity index (χ3n) is 4.13. The predicted molar refractivity (Wildman–Crippen MR) is 121 cm³/mol. The number of aliphatic imine (C=N–C) groups is 1. The number of hydrogen-bond donors (Lipinski definition) is 1. The van der Waals surface area contributed by atoms with Crippen LogP contribution in [0.15, 0.2) is 83.9 Å². The maximum absolute atomic E-state index is 12.4. The molecule has 1 N–H and O–H groups in total. The lowest BCUT2D eigenvalue weighted by molar-refractivity contribution is -0.110. The Balaban J connectivity index is 1.59. The van der Waals surface area contributed by atoms with Gasteiger partial charge in [0.2, 0.25) is 5.12 Å². The fourth-order valence-corrected chi connectivity index (χ4v) is 3.29. The summed E-state index contributed by atoms with van der Waals surface area (Å²) in [7, 11) is 0. The van der Waals surface area contributed by atoms with Crippen LogP contribution in [0.4, 0.5) is 5.69 Å². The third-order valence-corrected chi connectivity index (χ3v) is 4.89. The Bertz CT molecular complexity index is 1120. The number of hydrogen-bond acceptors (Lipinski definition) is 6. The van der Waals surface area contributed by atoms with Crippen LogP contribution in [0.3, 0.4) is 0 Å². The van der Waals surface area contributed by atoms with Gasteiger partial charge in [0.25, 0.3) is 0 Å². The molecule has 3 rings (SSSR count). The second kappa shape index (κ2) is 10.8. The molecule has 0 aliphatic carbocycles. The maximum atomic E-state index is 12.4. The predicted octanol–water partition coefficient (Wildman–Crippen LogP) is 4.77. The molecule has 0 radical (unpaired) electrons. The summed E-state index contributed by atoms with van der Waals surface area (Å²) in [5.74, 6) is -0.0509. The molecule has 0 saturated carbocycles. The van der Waals surface area contributed by atoms with Crippen LogP contribution in [0.2, 0.25) is 0 Å². The van der Waals surface area contributed by atoms with Crippen molar-refractivity contribution in [3.8, 4) is 11.9 Å². The molecule has 0 aliphatic rings. The molecule has 0 amide bonds. The van der Waals surface area contributed by atoms with Gasteiger partial charge in [-0.1, -0.05) is 48.0 Å². The van der Waals surface area contributed by atoms with Gasteiger partial charge in [0.05, 0.1) is 11.3 Å². The van der Waals surface area contributed by atoms with E-state index in [1.807, 2.05) is 37.3 Å². The van der Waals surface area contributed by atoms with Crippen LogP contribution in [-0.2, 0) is 11.2 Å². The summed E-state index contributed by atoms with van der Waals surface area (Å²) in [6.45, 7) is 1.97. The number of carbonyl (C=O) groups excluding carboxylic acids is 2. The van der Waals surface area contributed by atoms with Gasteiger partial charge in [-0.05, 0) is 60.6 Å². The number of thioether (sulfide) groups is 1. The molecule has 0 bridgehead atoms. The largest absolute Gasteiger partial charge is 0.423 e. The Morgan fingerprint density at radius 3 is 2.32 bits per heavy atom. The van der Waals surface area contributed by atoms with Gasteiger partial charge in [0.1, 0.15) is 5.75 Å². The minimum atomic E-state index is -0.445. The van der Waals surface area contributed by atoms with Gasteiger partial charge in [0, 0.05) is 6.42 Å². The fourth-order valence-electron chi connectivity index (χ4n) is 2.59. The summed E-state index contributed by atoms with van der Waals surface area (Å²) in [4.78, 5) is 28.9. The van der Waals surface area contributed by atoms with Crippen molar-refractivity contribution in [1.29, 1.82) is 5.26 Å². The highest BCUT2D eigenvalue weighted by Crippen LogP contribution is 2.19.